The number of hydrogen-bond acceptors (Lipinski definition) is 4. The number of ether oxygens (including phenoxy) is 1. The van der Waals surface area contributed by atoms with E-state index in [1.807, 2.05) is 0 Å². The van der Waals surface area contributed by atoms with Crippen molar-refractivity contribution in [1.82, 2.24) is 20.4 Å². The van der Waals surface area contributed by atoms with E-state index in [0.717, 1.165) is 64.2 Å². The molecule has 0 bridgehead atoms. The van der Waals surface area contributed by atoms with Crippen molar-refractivity contribution in [3.05, 3.63) is 35.4 Å². The zero-order chi connectivity index (χ0) is 20.3. The zero-order valence-corrected chi connectivity index (χ0v) is 21.1. The first-order valence-electron chi connectivity index (χ1n) is 11.3. The number of hydrogen-bond donors (Lipinski definition) is 2. The molecule has 0 aromatic heterocycles. The van der Waals surface area contributed by atoms with Crippen molar-refractivity contribution in [2.45, 2.75) is 39.3 Å². The van der Waals surface area contributed by atoms with Gasteiger partial charge in [-0.15, -0.1) is 24.0 Å². The second-order valence-corrected chi connectivity index (χ2v) is 8.39. The molecule has 7 heteroatoms. The maximum atomic E-state index is 5.69. The van der Waals surface area contributed by atoms with Gasteiger partial charge in [0.2, 0.25) is 0 Å². The number of aliphatic imine (C=N–C) groups is 1. The molecule has 1 aromatic rings. The Balaban J connectivity index is 0.00000320. The van der Waals surface area contributed by atoms with E-state index in [1.165, 1.54) is 37.1 Å². The minimum atomic E-state index is 0. The lowest BCUT2D eigenvalue weighted by Gasteiger charge is -2.32. The highest BCUT2D eigenvalue weighted by molar-refractivity contribution is 14.0. The first-order valence-corrected chi connectivity index (χ1v) is 11.3. The van der Waals surface area contributed by atoms with Crippen molar-refractivity contribution in [1.29, 1.82) is 0 Å². The predicted octanol–water partition coefficient (Wildman–Crippen LogP) is 2.92. The Hall–Kier alpha value is -0.900. The van der Waals surface area contributed by atoms with E-state index in [1.54, 1.807) is 0 Å². The minimum absolute atomic E-state index is 0. The third kappa shape index (κ3) is 9.94. The highest BCUT2D eigenvalue weighted by Gasteiger charge is 2.20. The lowest BCUT2D eigenvalue weighted by Crippen LogP contribution is -2.43. The summed E-state index contributed by atoms with van der Waals surface area (Å²) in [6.45, 7) is 12.0. The highest BCUT2D eigenvalue weighted by atomic mass is 127. The first-order chi connectivity index (χ1) is 14.2. The Kier molecular flexibility index (Phi) is 12.0. The van der Waals surface area contributed by atoms with Gasteiger partial charge in [0, 0.05) is 59.0 Å². The number of likely N-dealkylation sites (N-methyl/N-ethyl adjacent to an activating group) is 1. The van der Waals surface area contributed by atoms with Gasteiger partial charge in [0.1, 0.15) is 0 Å². The van der Waals surface area contributed by atoms with Gasteiger partial charge < -0.3 is 20.3 Å². The van der Waals surface area contributed by atoms with E-state index in [4.69, 9.17) is 9.73 Å². The molecule has 1 saturated carbocycles. The normalized spacial score (nSPS) is 18.1. The van der Waals surface area contributed by atoms with Crippen LogP contribution in [0.5, 0.6) is 0 Å². The number of guanidine groups is 1. The summed E-state index contributed by atoms with van der Waals surface area (Å²) in [6.07, 6.45) is 3.72. The summed E-state index contributed by atoms with van der Waals surface area (Å²) in [7, 11) is 2.20. The van der Waals surface area contributed by atoms with E-state index in [2.05, 4.69) is 58.7 Å². The van der Waals surface area contributed by atoms with E-state index < -0.39 is 0 Å². The monoisotopic (exact) mass is 529 g/mol. The molecule has 0 atom stereocenters. The van der Waals surface area contributed by atoms with Crippen LogP contribution < -0.4 is 10.6 Å². The Morgan fingerprint density at radius 3 is 2.43 bits per heavy atom. The molecule has 170 valence electrons. The van der Waals surface area contributed by atoms with Crippen molar-refractivity contribution in [3.63, 3.8) is 0 Å². The topological polar surface area (TPSA) is 52.1 Å². The third-order valence-corrected chi connectivity index (χ3v) is 5.60. The van der Waals surface area contributed by atoms with Crippen LogP contribution in [0, 0.1) is 5.92 Å². The molecule has 0 amide bonds. The molecule has 1 aliphatic carbocycles. The number of benzene rings is 1. The van der Waals surface area contributed by atoms with Crippen LogP contribution in [0.2, 0.25) is 0 Å². The van der Waals surface area contributed by atoms with Gasteiger partial charge in [-0.05, 0) is 50.3 Å². The molecule has 30 heavy (non-hydrogen) atoms. The number of halogens is 1. The van der Waals surface area contributed by atoms with Crippen LogP contribution in [-0.4, -0.2) is 75.3 Å². The molecular weight excluding hydrogens is 489 g/mol. The predicted molar refractivity (Wildman–Crippen MR) is 136 cm³/mol. The van der Waals surface area contributed by atoms with Crippen LogP contribution in [0.4, 0.5) is 0 Å². The van der Waals surface area contributed by atoms with Crippen LogP contribution in [-0.2, 0) is 17.8 Å². The SMILES string of the molecule is CCNC(=NCc1ccc(CN2CCN(C)CC2)cc1)NCCCOCC1CC1.I. The van der Waals surface area contributed by atoms with E-state index in [9.17, 15) is 0 Å². The van der Waals surface area contributed by atoms with Gasteiger partial charge in [-0.1, -0.05) is 24.3 Å². The van der Waals surface area contributed by atoms with Crippen molar-refractivity contribution in [3.8, 4) is 0 Å². The first kappa shape index (κ1) is 25.4. The molecule has 0 unspecified atom stereocenters. The van der Waals surface area contributed by atoms with Crippen LogP contribution in [0.25, 0.3) is 0 Å². The largest absolute Gasteiger partial charge is 0.381 e. The van der Waals surface area contributed by atoms with Crippen molar-refractivity contribution in [2.24, 2.45) is 10.9 Å². The van der Waals surface area contributed by atoms with Crippen molar-refractivity contribution in [2.75, 3.05) is 59.5 Å². The van der Waals surface area contributed by atoms with Gasteiger partial charge in [0.25, 0.3) is 0 Å². The summed E-state index contributed by atoms with van der Waals surface area (Å²) >= 11 is 0. The van der Waals surface area contributed by atoms with E-state index >= 15 is 0 Å². The van der Waals surface area contributed by atoms with Gasteiger partial charge in [0.05, 0.1) is 6.54 Å². The smallest absolute Gasteiger partial charge is 0.191 e. The maximum Gasteiger partial charge on any atom is 0.191 e. The standard InChI is InChI=1S/C23H39N5O.HI/c1-3-24-23(25-11-4-16-29-19-22-9-10-22)26-17-20-5-7-21(8-6-20)18-28-14-12-27(2)13-15-28;/h5-8,22H,3-4,9-19H2,1-2H3,(H2,24,25,26);1H. The summed E-state index contributed by atoms with van der Waals surface area (Å²) in [5, 5.41) is 6.74. The fourth-order valence-corrected chi connectivity index (χ4v) is 3.44. The molecule has 1 aromatic carbocycles. The lowest BCUT2D eigenvalue weighted by molar-refractivity contribution is 0.123. The van der Waals surface area contributed by atoms with Gasteiger partial charge in [-0.2, -0.15) is 0 Å². The number of nitrogens with one attached hydrogen (secondary N) is 2. The van der Waals surface area contributed by atoms with Gasteiger partial charge in [0.15, 0.2) is 5.96 Å². The molecular formula is C23H40IN5O. The Bertz CT molecular complexity index is 613. The average molecular weight is 530 g/mol. The molecule has 6 nitrogen and oxygen atoms in total. The maximum absolute atomic E-state index is 5.69. The molecule has 1 saturated heterocycles. The molecule has 1 aliphatic heterocycles. The second-order valence-electron chi connectivity index (χ2n) is 8.39. The van der Waals surface area contributed by atoms with Gasteiger partial charge >= 0.3 is 0 Å². The average Bonchev–Trinajstić information content (AvgIpc) is 3.56. The molecule has 2 N–H and O–H groups in total. The molecule has 2 aliphatic rings. The van der Waals surface area contributed by atoms with Gasteiger partial charge in [-0.25, -0.2) is 4.99 Å². The van der Waals surface area contributed by atoms with Crippen molar-refractivity contribution < 1.29 is 4.74 Å². The Morgan fingerprint density at radius 2 is 1.77 bits per heavy atom. The summed E-state index contributed by atoms with van der Waals surface area (Å²) in [6, 6.07) is 8.93. The minimum Gasteiger partial charge on any atom is -0.381 e. The number of rotatable bonds is 11. The van der Waals surface area contributed by atoms with Crippen LogP contribution >= 0.6 is 24.0 Å². The van der Waals surface area contributed by atoms with Crippen molar-refractivity contribution >= 4 is 29.9 Å². The molecule has 3 rings (SSSR count). The summed E-state index contributed by atoms with van der Waals surface area (Å²) in [4.78, 5) is 9.67. The summed E-state index contributed by atoms with van der Waals surface area (Å²) < 4.78 is 5.69. The molecule has 1 heterocycles. The molecule has 0 radical (unpaired) electrons. The third-order valence-electron chi connectivity index (χ3n) is 5.60. The number of nitrogens with zero attached hydrogens (tertiary/aromatic N) is 3. The fraction of sp³-hybridized carbons (Fsp3) is 0.696. The molecule has 0 spiro atoms. The quantitative estimate of drug-likeness (QED) is 0.200. The molecule has 2 fully saturated rings. The van der Waals surface area contributed by atoms with Gasteiger partial charge in [-0.3, -0.25) is 4.90 Å². The van der Waals surface area contributed by atoms with Crippen LogP contribution in [0.15, 0.2) is 29.3 Å². The van der Waals surface area contributed by atoms with E-state index in [-0.39, 0.29) is 24.0 Å². The fourth-order valence-electron chi connectivity index (χ4n) is 3.44. The van der Waals surface area contributed by atoms with Crippen LogP contribution in [0.1, 0.15) is 37.3 Å². The number of piperazine rings is 1. The second kappa shape index (κ2) is 14.2. The summed E-state index contributed by atoms with van der Waals surface area (Å²) in [5.41, 5.74) is 2.63. The van der Waals surface area contributed by atoms with Crippen LogP contribution in [0.3, 0.4) is 0 Å². The lowest BCUT2D eigenvalue weighted by atomic mass is 10.1. The zero-order valence-electron chi connectivity index (χ0n) is 18.7. The summed E-state index contributed by atoms with van der Waals surface area (Å²) in [5.74, 6) is 1.73. The highest BCUT2D eigenvalue weighted by Crippen LogP contribution is 2.28. The Labute approximate surface area is 199 Å². The van der Waals surface area contributed by atoms with E-state index in [0.29, 0.717) is 6.54 Å². The Morgan fingerprint density at radius 1 is 1.07 bits per heavy atom.